The Morgan fingerprint density at radius 2 is 1.73 bits per heavy atom. The molecule has 4 rings (SSSR count). The Morgan fingerprint density at radius 1 is 1.00 bits per heavy atom. The van der Waals surface area contributed by atoms with Gasteiger partial charge in [-0.2, -0.15) is 0 Å². The highest BCUT2D eigenvalue weighted by atomic mass is 32.2. The van der Waals surface area contributed by atoms with Crippen molar-refractivity contribution in [1.82, 2.24) is 5.32 Å². The molecule has 0 unspecified atom stereocenters. The molecule has 37 heavy (non-hydrogen) atoms. The summed E-state index contributed by atoms with van der Waals surface area (Å²) in [5.74, 6) is -0.241. The molecule has 0 spiro atoms. The minimum Gasteiger partial charge on any atom is -0.351 e. The fraction of sp³-hybridized carbons (Fsp3) is 0.267. The van der Waals surface area contributed by atoms with Gasteiger partial charge in [-0.1, -0.05) is 65.9 Å². The second-order valence-electron chi connectivity index (χ2n) is 8.63. The van der Waals surface area contributed by atoms with E-state index in [-0.39, 0.29) is 18.4 Å². The van der Waals surface area contributed by atoms with Crippen LogP contribution in [0, 0.1) is 6.92 Å². The lowest BCUT2D eigenvalue weighted by molar-refractivity contribution is -0.131. The van der Waals surface area contributed by atoms with Crippen LogP contribution in [0.4, 0.5) is 5.69 Å². The van der Waals surface area contributed by atoms with Crippen LogP contribution in [-0.2, 0) is 20.8 Å². The van der Waals surface area contributed by atoms with E-state index in [0.29, 0.717) is 30.2 Å². The summed E-state index contributed by atoms with van der Waals surface area (Å²) in [5, 5.41) is 2.85. The number of nitrogens with one attached hydrogen (secondary N) is 1. The van der Waals surface area contributed by atoms with E-state index in [1.54, 1.807) is 12.1 Å². The summed E-state index contributed by atoms with van der Waals surface area (Å²) in [6, 6.07) is 23.4. The van der Waals surface area contributed by atoms with Crippen LogP contribution < -0.4 is 10.2 Å². The van der Waals surface area contributed by atoms with Gasteiger partial charge in [-0.15, -0.1) is 0 Å². The van der Waals surface area contributed by atoms with Crippen molar-refractivity contribution in [3.05, 3.63) is 100.0 Å². The Bertz CT molecular complexity index is 1270. The molecule has 0 fully saturated rings. The topological polar surface area (TPSA) is 67.9 Å². The van der Waals surface area contributed by atoms with Crippen LogP contribution in [0.2, 0.25) is 0 Å². The molecular formula is C30H32N2O4S. The first-order valence-electron chi connectivity index (χ1n) is 12.5. The molecule has 1 N–H and O–H groups in total. The van der Waals surface area contributed by atoms with Gasteiger partial charge in [0.2, 0.25) is 0 Å². The molecule has 0 atom stereocenters. The van der Waals surface area contributed by atoms with Gasteiger partial charge < -0.3 is 19.7 Å². The molecule has 7 heteroatoms. The molecule has 1 aliphatic heterocycles. The number of thioether (sulfide) groups is 1. The van der Waals surface area contributed by atoms with Crippen molar-refractivity contribution in [2.45, 2.75) is 38.5 Å². The van der Waals surface area contributed by atoms with Gasteiger partial charge in [0.25, 0.3) is 11.8 Å². The molecule has 192 valence electrons. The lowest BCUT2D eigenvalue weighted by Gasteiger charge is -2.30. The van der Waals surface area contributed by atoms with Gasteiger partial charge in [0, 0.05) is 23.7 Å². The van der Waals surface area contributed by atoms with Crippen molar-refractivity contribution in [2.24, 2.45) is 0 Å². The number of carbonyl (C=O) groups excluding carboxylic acids is 2. The van der Waals surface area contributed by atoms with Gasteiger partial charge in [0.1, 0.15) is 0 Å². The Labute approximate surface area is 222 Å². The van der Waals surface area contributed by atoms with Gasteiger partial charge in [0.05, 0.1) is 23.7 Å². The summed E-state index contributed by atoms with van der Waals surface area (Å²) >= 11 is 1.47. The Balaban J connectivity index is 1.50. The zero-order valence-corrected chi connectivity index (χ0v) is 22.2. The standard InChI is InChI=1S/C30H32N2O4S/c1-4-35-28(36-5-2)19-31-29(33)24-15-13-22(14-16-24)18-27-30(34)32(20-23-10-8-9-21(3)17-23)25-11-6-7-12-26(25)37-27/h6-18,28H,4-5,19-20H2,1-3H3,(H,31,33)/b27-18+. The van der Waals surface area contributed by atoms with Crippen LogP contribution >= 0.6 is 11.8 Å². The molecule has 6 nitrogen and oxygen atoms in total. The highest BCUT2D eigenvalue weighted by molar-refractivity contribution is 8.04. The molecule has 2 amide bonds. The van der Waals surface area contributed by atoms with Crippen LogP contribution in [-0.4, -0.2) is 37.9 Å². The number of ether oxygens (including phenoxy) is 2. The minimum atomic E-state index is -0.470. The summed E-state index contributed by atoms with van der Waals surface area (Å²) in [6.07, 6.45) is 1.41. The van der Waals surface area contributed by atoms with E-state index < -0.39 is 6.29 Å². The molecule has 0 saturated carbocycles. The van der Waals surface area contributed by atoms with Gasteiger partial charge in [-0.3, -0.25) is 9.59 Å². The average molecular weight is 517 g/mol. The summed E-state index contributed by atoms with van der Waals surface area (Å²) in [6.45, 7) is 7.61. The first kappa shape index (κ1) is 26.7. The first-order valence-corrected chi connectivity index (χ1v) is 13.3. The number of aryl methyl sites for hydroxylation is 1. The third-order valence-corrected chi connectivity index (χ3v) is 6.94. The summed E-state index contributed by atoms with van der Waals surface area (Å²) < 4.78 is 11.0. The van der Waals surface area contributed by atoms with Crippen LogP contribution in [0.15, 0.2) is 82.6 Å². The van der Waals surface area contributed by atoms with Crippen LogP contribution in [0.3, 0.4) is 0 Å². The second-order valence-corrected chi connectivity index (χ2v) is 9.71. The van der Waals surface area contributed by atoms with Gasteiger partial charge in [-0.25, -0.2) is 0 Å². The first-order chi connectivity index (χ1) is 18.0. The van der Waals surface area contributed by atoms with Crippen molar-refractivity contribution in [3.63, 3.8) is 0 Å². The van der Waals surface area contributed by atoms with E-state index >= 15 is 0 Å². The number of para-hydroxylation sites is 1. The SMILES string of the molecule is CCOC(CNC(=O)c1ccc(/C=C2/Sc3ccccc3N(Cc3cccc(C)c3)C2=O)cc1)OCC. The second kappa shape index (κ2) is 12.7. The smallest absolute Gasteiger partial charge is 0.265 e. The Morgan fingerprint density at radius 3 is 2.43 bits per heavy atom. The molecule has 1 heterocycles. The van der Waals surface area contributed by atoms with E-state index in [0.717, 1.165) is 27.3 Å². The minimum absolute atomic E-state index is 0.0371. The van der Waals surface area contributed by atoms with Crippen LogP contribution in [0.1, 0.15) is 40.9 Å². The molecule has 3 aromatic rings. The molecule has 0 aromatic heterocycles. The normalized spacial score (nSPS) is 14.2. The van der Waals surface area contributed by atoms with E-state index in [4.69, 9.17) is 9.47 Å². The number of nitrogens with zero attached hydrogens (tertiary/aromatic N) is 1. The quantitative estimate of drug-likeness (QED) is 0.272. The summed E-state index contributed by atoms with van der Waals surface area (Å²) in [4.78, 5) is 29.7. The van der Waals surface area contributed by atoms with Gasteiger partial charge in [0.15, 0.2) is 6.29 Å². The predicted molar refractivity (Wildman–Crippen MR) is 148 cm³/mol. The summed E-state index contributed by atoms with van der Waals surface area (Å²) in [7, 11) is 0. The number of hydrogen-bond donors (Lipinski definition) is 1. The molecule has 0 bridgehead atoms. The zero-order valence-electron chi connectivity index (χ0n) is 21.4. The van der Waals surface area contributed by atoms with E-state index in [9.17, 15) is 9.59 Å². The lowest BCUT2D eigenvalue weighted by atomic mass is 10.1. The van der Waals surface area contributed by atoms with Crippen molar-refractivity contribution in [2.75, 3.05) is 24.7 Å². The van der Waals surface area contributed by atoms with E-state index in [2.05, 4.69) is 24.4 Å². The zero-order chi connectivity index (χ0) is 26.2. The molecule has 1 aliphatic rings. The number of carbonyl (C=O) groups is 2. The number of anilines is 1. The Hall–Kier alpha value is -3.39. The number of hydrogen-bond acceptors (Lipinski definition) is 5. The maximum Gasteiger partial charge on any atom is 0.265 e. The van der Waals surface area contributed by atoms with Gasteiger partial charge in [-0.05, 0) is 62.2 Å². The van der Waals surface area contributed by atoms with E-state index in [1.165, 1.54) is 11.8 Å². The van der Waals surface area contributed by atoms with Crippen molar-refractivity contribution in [3.8, 4) is 0 Å². The van der Waals surface area contributed by atoms with E-state index in [1.807, 2.05) is 73.4 Å². The monoisotopic (exact) mass is 516 g/mol. The van der Waals surface area contributed by atoms with Crippen LogP contribution in [0.25, 0.3) is 6.08 Å². The average Bonchev–Trinajstić information content (AvgIpc) is 2.90. The highest BCUT2D eigenvalue weighted by Gasteiger charge is 2.29. The Kier molecular flexibility index (Phi) is 9.17. The fourth-order valence-corrected chi connectivity index (χ4v) is 5.17. The van der Waals surface area contributed by atoms with Crippen molar-refractivity contribution >= 4 is 35.3 Å². The maximum atomic E-state index is 13.6. The van der Waals surface area contributed by atoms with Crippen LogP contribution in [0.5, 0.6) is 0 Å². The molecule has 3 aromatic carbocycles. The third-order valence-electron chi connectivity index (χ3n) is 5.86. The highest BCUT2D eigenvalue weighted by Crippen LogP contribution is 2.42. The molecule has 0 radical (unpaired) electrons. The largest absolute Gasteiger partial charge is 0.351 e. The third kappa shape index (κ3) is 6.89. The fourth-order valence-electron chi connectivity index (χ4n) is 4.11. The maximum absolute atomic E-state index is 13.6. The van der Waals surface area contributed by atoms with Crippen molar-refractivity contribution < 1.29 is 19.1 Å². The lowest BCUT2D eigenvalue weighted by Crippen LogP contribution is -2.35. The molecule has 0 aliphatic carbocycles. The van der Waals surface area contributed by atoms with Crippen molar-refractivity contribution in [1.29, 1.82) is 0 Å². The number of rotatable bonds is 10. The van der Waals surface area contributed by atoms with Gasteiger partial charge >= 0.3 is 0 Å². The number of fused-ring (bicyclic) bond motifs is 1. The molecular weight excluding hydrogens is 484 g/mol. The summed E-state index contributed by atoms with van der Waals surface area (Å²) in [5.41, 5.74) is 4.55. The number of benzene rings is 3. The molecule has 0 saturated heterocycles. The predicted octanol–water partition coefficient (Wildman–Crippen LogP) is 5.80. The number of amides is 2.